The number of hydrogen-bond acceptors (Lipinski definition) is 6. The van der Waals surface area contributed by atoms with Crippen molar-refractivity contribution in [3.05, 3.63) is 5.56 Å². The van der Waals surface area contributed by atoms with Gasteiger partial charge in [-0.15, -0.1) is 0 Å². The Balaban J connectivity index is 3.59. The van der Waals surface area contributed by atoms with E-state index in [4.69, 9.17) is 18.9 Å². The monoisotopic (exact) mass is 426 g/mol. The Morgan fingerprint density at radius 3 is 1.63 bits per heavy atom. The van der Waals surface area contributed by atoms with E-state index in [0.717, 1.165) is 51.4 Å². The minimum Gasteiger partial charge on any atom is -0.502 e. The summed E-state index contributed by atoms with van der Waals surface area (Å²) in [5.41, 5.74) is 0.502. The van der Waals surface area contributed by atoms with Gasteiger partial charge in [-0.3, -0.25) is 0 Å². The Bertz CT molecular complexity index is 643. The van der Waals surface area contributed by atoms with Crippen LogP contribution in [0, 0.1) is 0 Å². The van der Waals surface area contributed by atoms with Crippen molar-refractivity contribution in [1.82, 2.24) is 0 Å². The quantitative estimate of drug-likeness (QED) is 0.181. The maximum atomic E-state index is 11.3. The Labute approximate surface area is 180 Å². The number of ether oxygens (including phenoxy) is 4. The van der Waals surface area contributed by atoms with E-state index in [9.17, 15) is 15.0 Å². The maximum Gasteiger partial charge on any atom is 0.511 e. The molecule has 0 fully saturated rings. The molecule has 0 aliphatic heterocycles. The van der Waals surface area contributed by atoms with Gasteiger partial charge in [0.05, 0.1) is 19.8 Å². The first-order valence-electron chi connectivity index (χ1n) is 11.2. The summed E-state index contributed by atoms with van der Waals surface area (Å²) in [4.78, 5) is 11.3. The number of carbonyl (C=O) groups is 1. The first-order valence-corrected chi connectivity index (χ1v) is 11.2. The molecular weight excluding hydrogens is 388 g/mol. The van der Waals surface area contributed by atoms with Gasteiger partial charge in [0.15, 0.2) is 11.5 Å². The van der Waals surface area contributed by atoms with Crippen LogP contribution in [-0.4, -0.2) is 36.2 Å². The van der Waals surface area contributed by atoms with Gasteiger partial charge in [0.1, 0.15) is 0 Å². The molecule has 0 unspecified atom stereocenters. The number of rotatable bonds is 16. The van der Waals surface area contributed by atoms with E-state index >= 15 is 0 Å². The number of aromatic hydroxyl groups is 1. The van der Waals surface area contributed by atoms with Gasteiger partial charge in [-0.1, -0.05) is 53.4 Å². The summed E-state index contributed by atoms with van der Waals surface area (Å²) >= 11 is 0. The van der Waals surface area contributed by atoms with Gasteiger partial charge in [-0.05, 0) is 32.1 Å². The lowest BCUT2D eigenvalue weighted by atomic mass is 10.0. The summed E-state index contributed by atoms with van der Waals surface area (Å²) in [6, 6.07) is 0. The second kappa shape index (κ2) is 14.6. The lowest BCUT2D eigenvalue weighted by Crippen LogP contribution is -2.12. The smallest absolute Gasteiger partial charge is 0.502 e. The molecule has 0 aliphatic rings. The molecular formula is C23H38O7. The Kier molecular flexibility index (Phi) is 12.6. The van der Waals surface area contributed by atoms with Crippen molar-refractivity contribution < 1.29 is 34.0 Å². The third-order valence-electron chi connectivity index (χ3n) is 4.59. The molecule has 0 atom stereocenters. The molecule has 0 bridgehead atoms. The molecule has 0 aromatic heterocycles. The van der Waals surface area contributed by atoms with Crippen molar-refractivity contribution in [2.75, 3.05) is 19.8 Å². The molecule has 1 aromatic rings. The maximum absolute atomic E-state index is 11.3. The summed E-state index contributed by atoms with van der Waals surface area (Å²) in [5, 5.41) is 20.1. The molecule has 172 valence electrons. The molecule has 0 radical (unpaired) electrons. The average molecular weight is 427 g/mol. The topological polar surface area (TPSA) is 94.5 Å². The fourth-order valence-corrected chi connectivity index (χ4v) is 2.85. The molecule has 1 aromatic carbocycles. The van der Waals surface area contributed by atoms with Crippen molar-refractivity contribution in [1.29, 1.82) is 0 Å². The first kappa shape index (κ1) is 25.7. The van der Waals surface area contributed by atoms with Crippen LogP contribution >= 0.6 is 0 Å². The van der Waals surface area contributed by atoms with E-state index in [0.29, 0.717) is 43.3 Å². The van der Waals surface area contributed by atoms with Crippen molar-refractivity contribution >= 4 is 6.16 Å². The minimum absolute atomic E-state index is 0.0857. The van der Waals surface area contributed by atoms with Crippen molar-refractivity contribution in [2.45, 2.75) is 85.5 Å². The molecule has 0 aliphatic carbocycles. The van der Waals surface area contributed by atoms with E-state index in [1.807, 2.05) is 13.8 Å². The minimum atomic E-state index is -1.50. The number of hydrogen-bond donors (Lipinski definition) is 2. The van der Waals surface area contributed by atoms with Crippen LogP contribution in [0.4, 0.5) is 4.79 Å². The second-order valence-corrected chi connectivity index (χ2v) is 7.22. The van der Waals surface area contributed by atoms with Crippen LogP contribution in [0.2, 0.25) is 0 Å². The van der Waals surface area contributed by atoms with Crippen LogP contribution in [0.15, 0.2) is 0 Å². The SMILES string of the molecule is CCCCOc1c(O)c(OC(=O)O)c(CCCC)c(OCCCC)c1OCCCC. The highest BCUT2D eigenvalue weighted by Crippen LogP contribution is 2.54. The highest BCUT2D eigenvalue weighted by atomic mass is 16.7. The van der Waals surface area contributed by atoms with Crippen LogP contribution in [0.3, 0.4) is 0 Å². The van der Waals surface area contributed by atoms with Crippen LogP contribution in [0.25, 0.3) is 0 Å². The molecule has 30 heavy (non-hydrogen) atoms. The fraction of sp³-hybridized carbons (Fsp3) is 0.696. The van der Waals surface area contributed by atoms with Crippen LogP contribution in [0.5, 0.6) is 28.7 Å². The lowest BCUT2D eigenvalue weighted by molar-refractivity contribution is 0.141. The lowest BCUT2D eigenvalue weighted by Gasteiger charge is -2.23. The predicted molar refractivity (Wildman–Crippen MR) is 117 cm³/mol. The zero-order chi connectivity index (χ0) is 22.4. The molecule has 2 N–H and O–H groups in total. The van der Waals surface area contributed by atoms with E-state index in [1.54, 1.807) is 0 Å². The Morgan fingerprint density at radius 1 is 0.700 bits per heavy atom. The zero-order valence-corrected chi connectivity index (χ0v) is 18.9. The normalized spacial score (nSPS) is 10.7. The summed E-state index contributed by atoms with van der Waals surface area (Å²) in [7, 11) is 0. The van der Waals surface area contributed by atoms with Crippen molar-refractivity contribution in [3.8, 4) is 28.7 Å². The van der Waals surface area contributed by atoms with E-state index in [-0.39, 0.29) is 17.2 Å². The van der Waals surface area contributed by atoms with Gasteiger partial charge in [0.2, 0.25) is 17.2 Å². The average Bonchev–Trinajstić information content (AvgIpc) is 2.72. The van der Waals surface area contributed by atoms with Gasteiger partial charge < -0.3 is 29.2 Å². The van der Waals surface area contributed by atoms with E-state index in [1.165, 1.54) is 0 Å². The third-order valence-corrected chi connectivity index (χ3v) is 4.59. The number of phenols is 1. The number of unbranched alkanes of at least 4 members (excludes halogenated alkanes) is 4. The summed E-state index contributed by atoms with van der Waals surface area (Å²) in [6.07, 6.45) is 5.94. The second-order valence-electron chi connectivity index (χ2n) is 7.22. The summed E-state index contributed by atoms with van der Waals surface area (Å²) in [6.45, 7) is 9.46. The molecule has 7 heteroatoms. The molecule has 0 heterocycles. The highest BCUT2D eigenvalue weighted by Gasteiger charge is 2.30. The molecule has 7 nitrogen and oxygen atoms in total. The molecule has 0 spiro atoms. The van der Waals surface area contributed by atoms with Crippen LogP contribution < -0.4 is 18.9 Å². The van der Waals surface area contributed by atoms with Gasteiger partial charge in [0.25, 0.3) is 0 Å². The van der Waals surface area contributed by atoms with Gasteiger partial charge in [0, 0.05) is 5.56 Å². The third kappa shape index (κ3) is 7.84. The Morgan fingerprint density at radius 2 is 1.17 bits per heavy atom. The van der Waals surface area contributed by atoms with Crippen LogP contribution in [-0.2, 0) is 6.42 Å². The van der Waals surface area contributed by atoms with Crippen molar-refractivity contribution in [2.24, 2.45) is 0 Å². The fourth-order valence-electron chi connectivity index (χ4n) is 2.85. The molecule has 0 amide bonds. The highest BCUT2D eigenvalue weighted by molar-refractivity contribution is 5.73. The standard InChI is InChI=1S/C23H38O7/c1-5-9-13-17-19(30-23(25)26)18(24)21(28-15-11-7-3)22(29-16-12-8-4)20(17)27-14-10-6-2/h24H,5-16H2,1-4H3,(H,25,26). The number of benzene rings is 1. The van der Waals surface area contributed by atoms with Gasteiger partial charge >= 0.3 is 6.16 Å². The van der Waals surface area contributed by atoms with Gasteiger partial charge in [-0.2, -0.15) is 0 Å². The predicted octanol–water partition coefficient (Wildman–Crippen LogP) is 6.33. The molecule has 0 saturated carbocycles. The molecule has 1 rings (SSSR count). The number of carboxylic acid groups (broad SMARTS) is 1. The van der Waals surface area contributed by atoms with E-state index < -0.39 is 6.16 Å². The largest absolute Gasteiger partial charge is 0.511 e. The number of phenolic OH excluding ortho intramolecular Hbond substituents is 1. The Hall–Kier alpha value is -2.31. The first-order chi connectivity index (χ1) is 14.5. The summed E-state index contributed by atoms with van der Waals surface area (Å²) in [5.74, 6) is 0.346. The van der Waals surface area contributed by atoms with Crippen LogP contribution in [0.1, 0.15) is 84.6 Å². The molecule has 0 saturated heterocycles. The zero-order valence-electron chi connectivity index (χ0n) is 18.9. The van der Waals surface area contributed by atoms with Crippen molar-refractivity contribution in [3.63, 3.8) is 0 Å². The van der Waals surface area contributed by atoms with Gasteiger partial charge in [-0.25, -0.2) is 4.79 Å². The summed E-state index contributed by atoms with van der Waals surface area (Å²) < 4.78 is 22.9. The van der Waals surface area contributed by atoms with E-state index in [2.05, 4.69) is 13.8 Å².